The van der Waals surface area contributed by atoms with Crippen molar-refractivity contribution in [2.24, 2.45) is 5.41 Å². The zero-order valence-electron chi connectivity index (χ0n) is 26.8. The largest absolute Gasteiger partial charge is 0.385 e. The molecular weight excluding hydrogens is 558 g/mol. The van der Waals surface area contributed by atoms with E-state index in [1.54, 1.807) is 0 Å². The van der Waals surface area contributed by atoms with E-state index in [4.69, 9.17) is 4.74 Å². The molecule has 0 spiro atoms. The molecule has 1 heterocycles. The van der Waals surface area contributed by atoms with E-state index in [0.717, 1.165) is 49.0 Å². The summed E-state index contributed by atoms with van der Waals surface area (Å²) in [6.07, 6.45) is 2.76. The minimum absolute atomic E-state index is 0.102. The van der Waals surface area contributed by atoms with E-state index in [9.17, 15) is 19.2 Å². The molecule has 10 heteroatoms. The number of amides is 4. The lowest BCUT2D eigenvalue weighted by molar-refractivity contribution is -0.141. The summed E-state index contributed by atoms with van der Waals surface area (Å²) in [5, 5.41) is 14.4. The number of aryl methyl sites for hydroxylation is 2. The summed E-state index contributed by atoms with van der Waals surface area (Å²) >= 11 is 0. The van der Waals surface area contributed by atoms with Gasteiger partial charge in [-0.05, 0) is 61.1 Å². The molecule has 4 amide bonds. The van der Waals surface area contributed by atoms with Crippen molar-refractivity contribution in [1.29, 1.82) is 0 Å². The zero-order valence-corrected chi connectivity index (χ0v) is 26.8. The van der Waals surface area contributed by atoms with Gasteiger partial charge in [0.25, 0.3) is 5.91 Å². The predicted octanol–water partition coefficient (Wildman–Crippen LogP) is 3.59. The first-order valence-corrected chi connectivity index (χ1v) is 15.5. The summed E-state index contributed by atoms with van der Waals surface area (Å²) in [7, 11) is 1.31. The highest BCUT2D eigenvalue weighted by Gasteiger charge is 2.29. The van der Waals surface area contributed by atoms with Crippen LogP contribution < -0.4 is 26.6 Å². The Morgan fingerprint density at radius 3 is 2.39 bits per heavy atom. The summed E-state index contributed by atoms with van der Waals surface area (Å²) in [4.78, 5) is 52.3. The molecule has 2 aromatic rings. The van der Waals surface area contributed by atoms with E-state index < -0.39 is 24.1 Å². The Balaban J connectivity index is 1.62. The van der Waals surface area contributed by atoms with Gasteiger partial charge in [-0.25, -0.2) is 0 Å². The van der Waals surface area contributed by atoms with Crippen LogP contribution in [-0.4, -0.2) is 55.6 Å². The van der Waals surface area contributed by atoms with Gasteiger partial charge >= 0.3 is 0 Å². The lowest BCUT2D eigenvalue weighted by atomic mass is 9.89. The Bertz CT molecular complexity index is 1260. The molecule has 5 N–H and O–H groups in total. The van der Waals surface area contributed by atoms with Gasteiger partial charge in [0.1, 0.15) is 6.04 Å². The number of methoxy groups -OCH3 is 1. The third-order valence-corrected chi connectivity index (χ3v) is 7.62. The molecule has 0 saturated carbocycles. The fraction of sp³-hybridized carbons (Fsp3) is 0.529. The molecule has 0 saturated heterocycles. The summed E-state index contributed by atoms with van der Waals surface area (Å²) in [6.45, 7) is 9.45. The van der Waals surface area contributed by atoms with Crippen molar-refractivity contribution in [2.45, 2.75) is 97.5 Å². The highest BCUT2D eigenvalue weighted by Crippen LogP contribution is 2.26. The third kappa shape index (κ3) is 11.6. The summed E-state index contributed by atoms with van der Waals surface area (Å²) in [5.74, 6) is -1.96. The maximum atomic E-state index is 13.4. The van der Waals surface area contributed by atoms with Gasteiger partial charge in [0.2, 0.25) is 23.9 Å². The van der Waals surface area contributed by atoms with Gasteiger partial charge in [-0.15, -0.1) is 0 Å². The predicted molar refractivity (Wildman–Crippen MR) is 172 cm³/mol. The number of carbonyl (C=O) groups excluding carboxylic acids is 4. The molecule has 1 aliphatic heterocycles. The highest BCUT2D eigenvalue weighted by atomic mass is 16.5. The minimum atomic E-state index is -1.31. The van der Waals surface area contributed by atoms with Crippen molar-refractivity contribution in [3.63, 3.8) is 0 Å². The van der Waals surface area contributed by atoms with Crippen molar-refractivity contribution in [2.75, 3.05) is 19.0 Å². The Morgan fingerprint density at radius 2 is 1.68 bits per heavy atom. The molecule has 44 heavy (non-hydrogen) atoms. The lowest BCUT2D eigenvalue weighted by Gasteiger charge is -2.24. The Hall–Kier alpha value is -3.92. The molecule has 240 valence electrons. The smallest absolute Gasteiger partial charge is 0.270 e. The van der Waals surface area contributed by atoms with E-state index in [1.807, 2.05) is 49.4 Å². The maximum Gasteiger partial charge on any atom is 0.270 e. The molecule has 0 radical (unpaired) electrons. The number of hydrogen-bond donors (Lipinski definition) is 5. The van der Waals surface area contributed by atoms with Gasteiger partial charge in [-0.1, -0.05) is 69.3 Å². The van der Waals surface area contributed by atoms with Crippen LogP contribution in [0.2, 0.25) is 0 Å². The average molecular weight is 608 g/mol. The van der Waals surface area contributed by atoms with Crippen molar-refractivity contribution in [3.05, 3.63) is 65.2 Å². The molecule has 3 rings (SSSR count). The number of carbonyl (C=O) groups is 4. The van der Waals surface area contributed by atoms with Crippen molar-refractivity contribution >= 4 is 29.3 Å². The first kappa shape index (κ1) is 34.6. The Kier molecular flexibility index (Phi) is 13.2. The summed E-state index contributed by atoms with van der Waals surface area (Å²) in [5.41, 5.74) is 4.28. The van der Waals surface area contributed by atoms with Crippen LogP contribution in [0, 0.1) is 5.41 Å². The van der Waals surface area contributed by atoms with Crippen LogP contribution in [0.4, 0.5) is 5.69 Å². The van der Waals surface area contributed by atoms with Crippen molar-refractivity contribution < 1.29 is 23.9 Å². The quantitative estimate of drug-likeness (QED) is 0.196. The number of anilines is 1. The number of benzene rings is 2. The fourth-order valence-corrected chi connectivity index (χ4v) is 5.08. The van der Waals surface area contributed by atoms with Gasteiger partial charge < -0.3 is 31.3 Å². The van der Waals surface area contributed by atoms with Crippen LogP contribution in [0.15, 0.2) is 48.5 Å². The van der Waals surface area contributed by atoms with Crippen LogP contribution in [0.3, 0.4) is 0 Å². The number of hydrogen-bond acceptors (Lipinski definition) is 6. The molecule has 10 nitrogen and oxygen atoms in total. The van der Waals surface area contributed by atoms with Crippen LogP contribution >= 0.6 is 0 Å². The highest BCUT2D eigenvalue weighted by molar-refractivity contribution is 5.94. The number of ether oxygens (including phenoxy) is 1. The second-order valence-corrected chi connectivity index (χ2v) is 12.7. The summed E-state index contributed by atoms with van der Waals surface area (Å²) in [6, 6.07) is 14.2. The zero-order chi connectivity index (χ0) is 32.1. The topological polar surface area (TPSA) is 138 Å². The Labute approximate surface area is 261 Å². The van der Waals surface area contributed by atoms with E-state index in [-0.39, 0.29) is 42.7 Å². The van der Waals surface area contributed by atoms with E-state index in [2.05, 4.69) is 53.4 Å². The molecule has 1 aliphatic rings. The number of nitrogens with one attached hydrogen (secondary N) is 5. The standard InChI is InChI=1S/C34H49N5O5/c1-23(18-19-34(2,3)4)37-29(41)21-27(38-28(40)17-16-24-11-7-6-8-12-24)31(42)39-33(44-5)32(43)36-22-26-14-9-13-25-15-10-20-35-30(25)26/h6-9,11-14,23,27,33,35H,10,15-22H2,1-5H3,(H,36,43)(H,37,41)(H,38,40)(H,39,42). The normalized spacial score (nSPS) is 14.7. The van der Waals surface area contributed by atoms with Gasteiger partial charge in [0, 0.05) is 38.3 Å². The maximum absolute atomic E-state index is 13.4. The molecule has 2 aromatic carbocycles. The third-order valence-electron chi connectivity index (χ3n) is 7.62. The average Bonchev–Trinajstić information content (AvgIpc) is 3.00. The van der Waals surface area contributed by atoms with E-state index in [1.165, 1.54) is 12.7 Å². The van der Waals surface area contributed by atoms with Crippen LogP contribution in [0.5, 0.6) is 0 Å². The number of para-hydroxylation sites is 1. The first-order valence-electron chi connectivity index (χ1n) is 15.5. The van der Waals surface area contributed by atoms with Crippen LogP contribution in [-0.2, 0) is 43.3 Å². The SMILES string of the molecule is COC(NC(=O)C(CC(=O)NC(C)CCC(C)(C)C)NC(=O)CCc1ccccc1)C(=O)NCc1cccc2c1NCCC2. The first-order chi connectivity index (χ1) is 20.9. The van der Waals surface area contributed by atoms with Gasteiger partial charge in [-0.3, -0.25) is 19.2 Å². The molecule has 0 aliphatic carbocycles. The number of fused-ring (bicyclic) bond motifs is 1. The van der Waals surface area contributed by atoms with E-state index in [0.29, 0.717) is 6.42 Å². The Morgan fingerprint density at radius 1 is 0.932 bits per heavy atom. The molecule has 0 fully saturated rings. The monoisotopic (exact) mass is 607 g/mol. The minimum Gasteiger partial charge on any atom is -0.385 e. The molecule has 3 unspecified atom stereocenters. The molecule has 3 atom stereocenters. The van der Waals surface area contributed by atoms with Gasteiger partial charge in [0.15, 0.2) is 0 Å². The number of rotatable bonds is 15. The fourth-order valence-electron chi connectivity index (χ4n) is 5.08. The van der Waals surface area contributed by atoms with Crippen LogP contribution in [0.25, 0.3) is 0 Å². The second kappa shape index (κ2) is 16.8. The molecular formula is C34H49N5O5. The van der Waals surface area contributed by atoms with Gasteiger partial charge in [0.05, 0.1) is 6.42 Å². The summed E-state index contributed by atoms with van der Waals surface area (Å²) < 4.78 is 5.30. The van der Waals surface area contributed by atoms with Crippen LogP contribution in [0.1, 0.15) is 76.5 Å². The molecule has 0 bridgehead atoms. The van der Waals surface area contributed by atoms with Crippen molar-refractivity contribution in [1.82, 2.24) is 21.3 Å². The van der Waals surface area contributed by atoms with Crippen molar-refractivity contribution in [3.8, 4) is 0 Å². The van der Waals surface area contributed by atoms with Gasteiger partial charge in [-0.2, -0.15) is 0 Å². The molecule has 0 aromatic heterocycles. The lowest BCUT2D eigenvalue weighted by Crippen LogP contribution is -2.55. The second-order valence-electron chi connectivity index (χ2n) is 12.7. The van der Waals surface area contributed by atoms with E-state index >= 15 is 0 Å².